The van der Waals surface area contributed by atoms with Crippen LogP contribution in [-0.4, -0.2) is 36.2 Å². The number of nitrogens with two attached hydrogens (primary N) is 1. The summed E-state index contributed by atoms with van der Waals surface area (Å²) >= 11 is 12.5. The zero-order chi connectivity index (χ0) is 19.0. The van der Waals surface area contributed by atoms with Gasteiger partial charge in [0.25, 0.3) is 0 Å². The molecule has 1 heterocycles. The summed E-state index contributed by atoms with van der Waals surface area (Å²) in [6, 6.07) is 4.89. The fourth-order valence-corrected chi connectivity index (χ4v) is 5.07. The first kappa shape index (κ1) is 19.4. The number of fused-ring (bicyclic) bond motifs is 1. The van der Waals surface area contributed by atoms with Crippen molar-refractivity contribution in [2.24, 2.45) is 11.7 Å². The van der Waals surface area contributed by atoms with E-state index in [0.29, 0.717) is 23.1 Å². The van der Waals surface area contributed by atoms with Gasteiger partial charge in [0.15, 0.2) is 0 Å². The molecule has 2 N–H and O–H groups in total. The van der Waals surface area contributed by atoms with E-state index in [1.54, 1.807) is 6.07 Å². The van der Waals surface area contributed by atoms with Crippen molar-refractivity contribution < 1.29 is 9.13 Å². The molecule has 2 aliphatic carbocycles. The van der Waals surface area contributed by atoms with Crippen LogP contribution in [-0.2, 0) is 11.3 Å². The molecule has 0 bridgehead atoms. The van der Waals surface area contributed by atoms with Gasteiger partial charge in [-0.15, -0.1) is 0 Å². The molecular weight excluding hydrogens is 386 g/mol. The number of halogens is 3. The first-order valence-corrected chi connectivity index (χ1v) is 10.4. The van der Waals surface area contributed by atoms with Gasteiger partial charge < -0.3 is 10.5 Å². The summed E-state index contributed by atoms with van der Waals surface area (Å²) in [7, 11) is 0. The molecule has 1 unspecified atom stereocenters. The summed E-state index contributed by atoms with van der Waals surface area (Å²) < 4.78 is 20.0. The maximum atomic E-state index is 13.6. The summed E-state index contributed by atoms with van der Waals surface area (Å²) in [5.41, 5.74) is 8.19. The Bertz CT molecular complexity index is 767. The van der Waals surface area contributed by atoms with Crippen LogP contribution in [0.5, 0.6) is 0 Å². The first-order chi connectivity index (χ1) is 13.0. The van der Waals surface area contributed by atoms with Crippen LogP contribution in [0.4, 0.5) is 4.39 Å². The largest absolute Gasteiger partial charge is 0.367 e. The molecule has 1 aliphatic heterocycles. The highest BCUT2D eigenvalue weighted by Gasteiger charge is 2.44. The number of piperidine rings is 1. The summed E-state index contributed by atoms with van der Waals surface area (Å²) in [6.45, 7) is 2.23. The third kappa shape index (κ3) is 4.25. The molecule has 0 radical (unpaired) electrons. The number of benzene rings is 1. The van der Waals surface area contributed by atoms with E-state index in [2.05, 4.69) is 11.0 Å². The Labute approximate surface area is 169 Å². The van der Waals surface area contributed by atoms with Gasteiger partial charge in [-0.05, 0) is 73.6 Å². The number of rotatable bonds is 4. The van der Waals surface area contributed by atoms with Gasteiger partial charge in [-0.25, -0.2) is 4.39 Å². The van der Waals surface area contributed by atoms with E-state index in [4.69, 9.17) is 33.7 Å². The monoisotopic (exact) mass is 410 g/mol. The topological polar surface area (TPSA) is 38.5 Å². The van der Waals surface area contributed by atoms with Crippen molar-refractivity contribution in [2.75, 3.05) is 13.1 Å². The summed E-state index contributed by atoms with van der Waals surface area (Å²) in [6.07, 6.45) is 8.12. The lowest BCUT2D eigenvalue weighted by atomic mass is 9.94. The summed E-state index contributed by atoms with van der Waals surface area (Å²) in [5.74, 6) is 0.103. The number of ether oxygens (including phenoxy) is 1. The van der Waals surface area contributed by atoms with E-state index in [1.165, 1.54) is 17.7 Å². The van der Waals surface area contributed by atoms with Gasteiger partial charge in [0.05, 0.1) is 12.7 Å². The standard InChI is InChI=1S/C21H25Cl2FN2O/c22-15-3-5-18-13(8-15)10-20(26-7-1-2-17(25)11-26)21(18)27-12-14-9-16(24)4-6-19(14)23/h3-6,9,13,17,20-21H,1-2,7-8,10-12,25H2/t13?,17-,20+,21-/m1/s1. The smallest absolute Gasteiger partial charge is 0.123 e. The van der Waals surface area contributed by atoms with Crippen molar-refractivity contribution >= 4 is 23.2 Å². The number of likely N-dealkylation sites (tertiary alicyclic amines) is 1. The molecule has 6 heteroatoms. The van der Waals surface area contributed by atoms with E-state index < -0.39 is 0 Å². The molecule has 1 aromatic carbocycles. The molecule has 0 spiro atoms. The first-order valence-electron chi connectivity index (χ1n) is 9.62. The van der Waals surface area contributed by atoms with Crippen LogP contribution in [0, 0.1) is 11.7 Å². The van der Waals surface area contributed by atoms with E-state index in [9.17, 15) is 4.39 Å². The third-order valence-electron chi connectivity index (χ3n) is 5.96. The van der Waals surface area contributed by atoms with Crippen LogP contribution in [0.2, 0.25) is 5.02 Å². The van der Waals surface area contributed by atoms with Gasteiger partial charge in [-0.3, -0.25) is 4.90 Å². The van der Waals surface area contributed by atoms with E-state index >= 15 is 0 Å². The lowest BCUT2D eigenvalue weighted by Gasteiger charge is -2.38. The molecule has 27 heavy (non-hydrogen) atoms. The Kier molecular flexibility index (Phi) is 5.91. The molecular formula is C21H25Cl2FN2O. The van der Waals surface area contributed by atoms with Gasteiger partial charge in [-0.1, -0.05) is 29.3 Å². The molecule has 4 rings (SSSR count). The van der Waals surface area contributed by atoms with Crippen LogP contribution < -0.4 is 5.73 Å². The van der Waals surface area contributed by atoms with Gasteiger partial charge in [-0.2, -0.15) is 0 Å². The summed E-state index contributed by atoms with van der Waals surface area (Å²) in [4.78, 5) is 2.47. The third-order valence-corrected chi connectivity index (χ3v) is 6.61. The average Bonchev–Trinajstić information content (AvgIpc) is 3.00. The average molecular weight is 411 g/mol. The quantitative estimate of drug-likeness (QED) is 0.785. The van der Waals surface area contributed by atoms with Crippen LogP contribution in [0.25, 0.3) is 0 Å². The highest BCUT2D eigenvalue weighted by Crippen LogP contribution is 2.44. The molecule has 1 saturated heterocycles. The van der Waals surface area contributed by atoms with Crippen molar-refractivity contribution in [3.63, 3.8) is 0 Å². The van der Waals surface area contributed by atoms with Crippen molar-refractivity contribution in [3.8, 4) is 0 Å². The maximum absolute atomic E-state index is 13.6. The van der Waals surface area contributed by atoms with Gasteiger partial charge >= 0.3 is 0 Å². The van der Waals surface area contributed by atoms with Crippen molar-refractivity contribution in [2.45, 2.75) is 50.5 Å². The minimum absolute atomic E-state index is 0.0411. The van der Waals surface area contributed by atoms with Crippen LogP contribution >= 0.6 is 23.2 Å². The Hall–Kier alpha value is -0.910. The Morgan fingerprint density at radius 3 is 2.93 bits per heavy atom. The van der Waals surface area contributed by atoms with Crippen molar-refractivity contribution in [1.82, 2.24) is 4.90 Å². The van der Waals surface area contributed by atoms with Gasteiger partial charge in [0.2, 0.25) is 0 Å². The molecule has 1 aromatic rings. The number of hydrogen-bond donors (Lipinski definition) is 1. The van der Waals surface area contributed by atoms with E-state index in [0.717, 1.165) is 43.8 Å². The zero-order valence-corrected chi connectivity index (χ0v) is 16.7. The predicted octanol–water partition coefficient (Wildman–Crippen LogP) is 4.63. The second kappa shape index (κ2) is 8.22. The van der Waals surface area contributed by atoms with Crippen molar-refractivity contribution in [1.29, 1.82) is 0 Å². The molecule has 0 aromatic heterocycles. The SMILES string of the molecule is N[C@@H]1CCCN([C@H]2CC3CC(Cl)=CC=C3[C@H]2OCc2cc(F)ccc2Cl)C1. The molecule has 3 aliphatic rings. The Morgan fingerprint density at radius 2 is 2.11 bits per heavy atom. The lowest BCUT2D eigenvalue weighted by Crippen LogP contribution is -2.50. The minimum atomic E-state index is -0.299. The normalized spacial score (nSPS) is 31.4. The number of hydrogen-bond acceptors (Lipinski definition) is 3. The van der Waals surface area contributed by atoms with Crippen LogP contribution in [0.3, 0.4) is 0 Å². The molecule has 3 nitrogen and oxygen atoms in total. The van der Waals surface area contributed by atoms with Gasteiger partial charge in [0.1, 0.15) is 5.82 Å². The summed E-state index contributed by atoms with van der Waals surface area (Å²) in [5, 5.41) is 1.43. The highest BCUT2D eigenvalue weighted by molar-refractivity contribution is 6.31. The van der Waals surface area contributed by atoms with Gasteiger partial charge in [0, 0.05) is 28.7 Å². The maximum Gasteiger partial charge on any atom is 0.123 e. The lowest BCUT2D eigenvalue weighted by molar-refractivity contribution is 0.00177. The minimum Gasteiger partial charge on any atom is -0.367 e. The van der Waals surface area contributed by atoms with Crippen molar-refractivity contribution in [3.05, 3.63) is 57.4 Å². The fraction of sp³-hybridized carbons (Fsp3) is 0.524. The molecule has 1 saturated carbocycles. The second-order valence-corrected chi connectivity index (χ2v) is 8.74. The highest BCUT2D eigenvalue weighted by atomic mass is 35.5. The molecule has 2 fully saturated rings. The fourth-order valence-electron chi connectivity index (χ4n) is 4.65. The Morgan fingerprint density at radius 1 is 1.26 bits per heavy atom. The molecule has 0 amide bonds. The second-order valence-electron chi connectivity index (χ2n) is 7.85. The zero-order valence-electron chi connectivity index (χ0n) is 15.2. The number of allylic oxidation sites excluding steroid dienone is 3. The Balaban J connectivity index is 1.55. The number of nitrogens with zero attached hydrogens (tertiary/aromatic N) is 1. The van der Waals surface area contributed by atoms with Crippen LogP contribution in [0.15, 0.2) is 41.0 Å². The predicted molar refractivity (Wildman–Crippen MR) is 107 cm³/mol. The van der Waals surface area contributed by atoms with Crippen LogP contribution in [0.1, 0.15) is 31.2 Å². The van der Waals surface area contributed by atoms with E-state index in [-0.39, 0.29) is 24.0 Å². The van der Waals surface area contributed by atoms with E-state index in [1.807, 2.05) is 6.08 Å². The molecule has 4 atom stereocenters. The molecule has 146 valence electrons.